The molecule has 1 saturated heterocycles. The number of amides is 1. The first kappa shape index (κ1) is 18.3. The highest BCUT2D eigenvalue weighted by molar-refractivity contribution is 7.15. The highest BCUT2D eigenvalue weighted by Crippen LogP contribution is 2.41. The van der Waals surface area contributed by atoms with Crippen molar-refractivity contribution < 1.29 is 9.90 Å². The maximum Gasteiger partial charge on any atom is 0.274 e. The molecule has 2 aliphatic heterocycles. The van der Waals surface area contributed by atoms with Crippen LogP contribution in [0.15, 0.2) is 41.2 Å². The number of pyridine rings is 1. The maximum absolute atomic E-state index is 13.2. The summed E-state index contributed by atoms with van der Waals surface area (Å²) < 4.78 is 1.73. The normalized spacial score (nSPS) is 23.1. The summed E-state index contributed by atoms with van der Waals surface area (Å²) in [7, 11) is 0. The molecule has 7 nitrogen and oxygen atoms in total. The largest absolute Gasteiger partial charge is 0.394 e. The van der Waals surface area contributed by atoms with Crippen molar-refractivity contribution in [1.29, 1.82) is 0 Å². The van der Waals surface area contributed by atoms with Crippen molar-refractivity contribution in [1.82, 2.24) is 19.7 Å². The summed E-state index contributed by atoms with van der Waals surface area (Å²) in [6.07, 6.45) is 0.874. The zero-order valence-corrected chi connectivity index (χ0v) is 16.9. The Labute approximate surface area is 171 Å². The number of aryl methyl sites for hydroxylation is 1. The lowest BCUT2D eigenvalue weighted by molar-refractivity contribution is 0.0433. The van der Waals surface area contributed by atoms with Gasteiger partial charge in [-0.05, 0) is 37.6 Å². The van der Waals surface area contributed by atoms with E-state index in [4.69, 9.17) is 0 Å². The van der Waals surface area contributed by atoms with Crippen molar-refractivity contribution in [3.63, 3.8) is 0 Å². The Morgan fingerprint density at radius 1 is 1.31 bits per heavy atom. The summed E-state index contributed by atoms with van der Waals surface area (Å²) in [5.41, 5.74) is 2.06. The van der Waals surface area contributed by atoms with Crippen molar-refractivity contribution in [2.45, 2.75) is 25.3 Å². The molecule has 0 unspecified atom stereocenters. The molecule has 3 aromatic rings. The molecular formula is C21H22N4O3S. The van der Waals surface area contributed by atoms with Gasteiger partial charge in [0.25, 0.3) is 11.5 Å². The topological polar surface area (TPSA) is 91.2 Å². The lowest BCUT2D eigenvalue weighted by atomic mass is 9.78. The SMILES string of the molecule is Cc1ccc(-c2cc(C(=O)N3C[C@H]4C[C@@H](C3)[C@H](CO)n3c4cccc3=O)n[nH]2)s1. The van der Waals surface area contributed by atoms with E-state index in [-0.39, 0.29) is 36.0 Å². The van der Waals surface area contributed by atoms with Gasteiger partial charge in [0.05, 0.1) is 23.2 Å². The van der Waals surface area contributed by atoms with E-state index in [0.717, 1.165) is 22.7 Å². The number of H-pyrrole nitrogens is 1. The minimum Gasteiger partial charge on any atom is -0.394 e. The first-order chi connectivity index (χ1) is 14.0. The predicted molar refractivity (Wildman–Crippen MR) is 110 cm³/mol. The minimum absolute atomic E-state index is 0.0497. The van der Waals surface area contributed by atoms with Gasteiger partial charge < -0.3 is 14.6 Å². The van der Waals surface area contributed by atoms with Crippen molar-refractivity contribution in [3.8, 4) is 10.6 Å². The van der Waals surface area contributed by atoms with Gasteiger partial charge in [-0.2, -0.15) is 5.10 Å². The van der Waals surface area contributed by atoms with Gasteiger partial charge in [-0.15, -0.1) is 11.3 Å². The van der Waals surface area contributed by atoms with Gasteiger partial charge in [-0.3, -0.25) is 14.7 Å². The first-order valence-corrected chi connectivity index (χ1v) is 10.6. The van der Waals surface area contributed by atoms with Crippen LogP contribution in [-0.2, 0) is 0 Å². The van der Waals surface area contributed by atoms with Crippen LogP contribution in [0.3, 0.4) is 0 Å². The number of rotatable bonds is 3. The van der Waals surface area contributed by atoms with Gasteiger partial charge in [0.2, 0.25) is 0 Å². The molecule has 1 fully saturated rings. The quantitative estimate of drug-likeness (QED) is 0.694. The monoisotopic (exact) mass is 410 g/mol. The number of hydrogen-bond donors (Lipinski definition) is 2. The number of likely N-dealkylation sites (tertiary alicyclic amines) is 1. The fraction of sp³-hybridized carbons (Fsp3) is 0.381. The number of thiophene rings is 1. The Hall–Kier alpha value is -2.71. The summed E-state index contributed by atoms with van der Waals surface area (Å²) in [4.78, 5) is 29.6. The third-order valence-corrected chi connectivity index (χ3v) is 7.11. The molecule has 5 heterocycles. The number of piperidine rings is 1. The summed E-state index contributed by atoms with van der Waals surface area (Å²) in [6.45, 7) is 3.00. The van der Waals surface area contributed by atoms with E-state index in [1.165, 1.54) is 10.9 Å². The molecule has 0 spiro atoms. The fourth-order valence-electron chi connectivity index (χ4n) is 4.74. The molecule has 0 saturated carbocycles. The van der Waals surface area contributed by atoms with E-state index in [2.05, 4.69) is 10.2 Å². The van der Waals surface area contributed by atoms with Crippen LogP contribution in [0, 0.1) is 12.8 Å². The van der Waals surface area contributed by atoms with Gasteiger partial charge >= 0.3 is 0 Å². The minimum atomic E-state index is -0.297. The Bertz CT molecular complexity index is 1130. The van der Waals surface area contributed by atoms with E-state index in [0.29, 0.717) is 18.8 Å². The van der Waals surface area contributed by atoms with Crippen LogP contribution in [0.25, 0.3) is 10.6 Å². The average Bonchev–Trinajstić information content (AvgIpc) is 3.37. The fourth-order valence-corrected chi connectivity index (χ4v) is 5.58. The standard InChI is InChI=1S/C21H22N4O3S/c1-12-5-6-19(29-12)15-8-16(23-22-15)21(28)24-9-13-7-14(10-24)18(11-26)25-17(13)3-2-4-20(25)27/h2-6,8,13-14,18,26H,7,9-11H2,1H3,(H,22,23)/t13-,14+,18+/m1/s1. The van der Waals surface area contributed by atoms with Crippen molar-refractivity contribution in [2.24, 2.45) is 5.92 Å². The molecule has 1 amide bonds. The molecule has 0 radical (unpaired) electrons. The number of nitrogens with one attached hydrogen (secondary N) is 1. The van der Waals surface area contributed by atoms with Gasteiger partial charge in [0.1, 0.15) is 0 Å². The van der Waals surface area contributed by atoms with Crippen molar-refractivity contribution >= 4 is 17.2 Å². The summed E-state index contributed by atoms with van der Waals surface area (Å²) in [5, 5.41) is 17.2. The van der Waals surface area contributed by atoms with Crippen LogP contribution in [-0.4, -0.2) is 50.4 Å². The molecule has 2 bridgehead atoms. The maximum atomic E-state index is 13.2. The third-order valence-electron chi connectivity index (χ3n) is 6.08. The number of aromatic amines is 1. The highest BCUT2D eigenvalue weighted by atomic mass is 32.1. The number of hydrogen-bond acceptors (Lipinski definition) is 5. The molecule has 0 aromatic carbocycles. The number of carbonyl (C=O) groups is 1. The molecule has 0 aliphatic carbocycles. The summed E-state index contributed by atoms with van der Waals surface area (Å²) in [5.74, 6) is 0.0281. The van der Waals surface area contributed by atoms with E-state index < -0.39 is 0 Å². The third kappa shape index (κ3) is 3.03. The van der Waals surface area contributed by atoms with Gasteiger partial charge in [-0.25, -0.2) is 0 Å². The molecule has 29 heavy (non-hydrogen) atoms. The van der Waals surface area contributed by atoms with Gasteiger partial charge in [0, 0.05) is 41.6 Å². The van der Waals surface area contributed by atoms with E-state index >= 15 is 0 Å². The number of fused-ring (bicyclic) bond motifs is 4. The van der Waals surface area contributed by atoms with Crippen LogP contribution >= 0.6 is 11.3 Å². The Balaban J connectivity index is 1.43. The van der Waals surface area contributed by atoms with Crippen LogP contribution in [0.4, 0.5) is 0 Å². The van der Waals surface area contributed by atoms with Crippen LogP contribution < -0.4 is 5.56 Å². The smallest absolute Gasteiger partial charge is 0.274 e. The number of carbonyl (C=O) groups excluding carboxylic acids is 1. The number of nitrogens with zero attached hydrogens (tertiary/aromatic N) is 3. The number of aliphatic hydroxyl groups is 1. The van der Waals surface area contributed by atoms with E-state index in [1.807, 2.05) is 30.0 Å². The second-order valence-corrected chi connectivity index (χ2v) is 9.18. The second kappa shape index (κ2) is 6.96. The molecule has 3 aromatic heterocycles. The second-order valence-electron chi connectivity index (χ2n) is 7.89. The molecule has 2 aliphatic rings. The molecule has 3 atom stereocenters. The van der Waals surface area contributed by atoms with Crippen LogP contribution in [0.1, 0.15) is 39.4 Å². The zero-order valence-electron chi connectivity index (χ0n) is 16.0. The van der Waals surface area contributed by atoms with E-state index in [1.54, 1.807) is 28.0 Å². The molecule has 150 valence electrons. The van der Waals surface area contributed by atoms with Gasteiger partial charge in [0.15, 0.2) is 5.69 Å². The highest BCUT2D eigenvalue weighted by Gasteiger charge is 2.41. The first-order valence-electron chi connectivity index (χ1n) is 9.79. The van der Waals surface area contributed by atoms with Crippen molar-refractivity contribution in [2.75, 3.05) is 19.7 Å². The predicted octanol–water partition coefficient (Wildman–Crippen LogP) is 2.40. The molecule has 8 heteroatoms. The molecule has 2 N–H and O–H groups in total. The van der Waals surface area contributed by atoms with E-state index in [9.17, 15) is 14.7 Å². The van der Waals surface area contributed by atoms with Crippen LogP contribution in [0.5, 0.6) is 0 Å². The van der Waals surface area contributed by atoms with Crippen LogP contribution in [0.2, 0.25) is 0 Å². The lowest BCUT2D eigenvalue weighted by Crippen LogP contribution is -2.51. The Morgan fingerprint density at radius 2 is 2.17 bits per heavy atom. The Morgan fingerprint density at radius 3 is 2.93 bits per heavy atom. The zero-order chi connectivity index (χ0) is 20.1. The molecule has 5 rings (SSSR count). The molecular weight excluding hydrogens is 388 g/mol. The summed E-state index contributed by atoms with van der Waals surface area (Å²) >= 11 is 1.66. The van der Waals surface area contributed by atoms with Crippen molar-refractivity contribution in [3.05, 3.63) is 63.0 Å². The average molecular weight is 410 g/mol. The Kier molecular flexibility index (Phi) is 4.40. The number of aromatic nitrogens is 3. The summed E-state index contributed by atoms with van der Waals surface area (Å²) in [6, 6.07) is 10.8. The lowest BCUT2D eigenvalue weighted by Gasteiger charge is -2.46. The number of aliphatic hydroxyl groups excluding tert-OH is 1. The van der Waals surface area contributed by atoms with Gasteiger partial charge in [-0.1, -0.05) is 6.07 Å².